The standard InChI is InChI=1S/C29H26ClN3O2/c1-2-35-24-14-8-20(9-15-24)18-25(21-6-4-3-5-7-21)29(34)33-17-16-27-26(19-33)28(32-31-27)22-10-12-23(30)13-11-22/h3-15,18H,2,16-17,19H2,1H3,(H,31,32)/b25-18+. The topological polar surface area (TPSA) is 58.2 Å². The van der Waals surface area contributed by atoms with Crippen LogP contribution in [0.3, 0.4) is 0 Å². The zero-order chi connectivity index (χ0) is 24.2. The molecule has 3 aromatic carbocycles. The lowest BCUT2D eigenvalue weighted by Crippen LogP contribution is -2.36. The molecule has 0 aliphatic carbocycles. The summed E-state index contributed by atoms with van der Waals surface area (Å²) in [4.78, 5) is 15.8. The quantitative estimate of drug-likeness (QED) is 0.260. The monoisotopic (exact) mass is 483 g/mol. The minimum atomic E-state index is -0.000934. The fourth-order valence-corrected chi connectivity index (χ4v) is 4.49. The number of nitrogens with zero attached hydrogens (tertiary/aromatic N) is 2. The van der Waals surface area contributed by atoms with Gasteiger partial charge in [0, 0.05) is 46.9 Å². The van der Waals surface area contributed by atoms with Gasteiger partial charge in [-0.1, -0.05) is 66.2 Å². The molecule has 6 heteroatoms. The first kappa shape index (κ1) is 22.9. The Balaban J connectivity index is 1.46. The van der Waals surface area contributed by atoms with E-state index in [-0.39, 0.29) is 5.91 Å². The zero-order valence-corrected chi connectivity index (χ0v) is 20.3. The van der Waals surface area contributed by atoms with E-state index in [9.17, 15) is 4.79 Å². The van der Waals surface area contributed by atoms with Gasteiger partial charge in [-0.05, 0) is 48.4 Å². The number of hydrogen-bond donors (Lipinski definition) is 1. The number of aromatic amines is 1. The van der Waals surface area contributed by atoms with Crippen molar-refractivity contribution in [2.75, 3.05) is 13.2 Å². The Hall–Kier alpha value is -3.83. The van der Waals surface area contributed by atoms with Gasteiger partial charge < -0.3 is 9.64 Å². The van der Waals surface area contributed by atoms with Crippen LogP contribution >= 0.6 is 11.6 Å². The molecule has 5 rings (SSSR count). The summed E-state index contributed by atoms with van der Waals surface area (Å²) in [7, 11) is 0. The van der Waals surface area contributed by atoms with Crippen molar-refractivity contribution in [3.63, 3.8) is 0 Å². The highest BCUT2D eigenvalue weighted by Gasteiger charge is 2.28. The van der Waals surface area contributed by atoms with E-state index in [0.29, 0.717) is 30.3 Å². The third-order valence-electron chi connectivity index (χ3n) is 6.16. The molecule has 0 atom stereocenters. The number of halogens is 1. The molecule has 1 amide bonds. The van der Waals surface area contributed by atoms with Crippen molar-refractivity contribution in [2.45, 2.75) is 19.9 Å². The van der Waals surface area contributed by atoms with Crippen molar-refractivity contribution in [3.05, 3.63) is 106 Å². The molecule has 5 nitrogen and oxygen atoms in total. The highest BCUT2D eigenvalue weighted by atomic mass is 35.5. The van der Waals surface area contributed by atoms with Crippen molar-refractivity contribution in [1.29, 1.82) is 0 Å². The van der Waals surface area contributed by atoms with Gasteiger partial charge in [0.1, 0.15) is 5.75 Å². The molecule has 0 radical (unpaired) electrons. The average Bonchev–Trinajstić information content (AvgIpc) is 3.32. The van der Waals surface area contributed by atoms with E-state index < -0.39 is 0 Å². The Bertz CT molecular complexity index is 1340. The van der Waals surface area contributed by atoms with Crippen LogP contribution in [0.25, 0.3) is 22.9 Å². The molecule has 0 spiro atoms. The first-order chi connectivity index (χ1) is 17.1. The van der Waals surface area contributed by atoms with E-state index in [4.69, 9.17) is 16.3 Å². The van der Waals surface area contributed by atoms with Crippen molar-refractivity contribution in [1.82, 2.24) is 15.1 Å². The van der Waals surface area contributed by atoms with Gasteiger partial charge in [-0.3, -0.25) is 9.89 Å². The summed E-state index contributed by atoms with van der Waals surface area (Å²) in [6.45, 7) is 3.70. The summed E-state index contributed by atoms with van der Waals surface area (Å²) in [5.41, 5.74) is 6.48. The molecule has 0 bridgehead atoms. The van der Waals surface area contributed by atoms with Crippen LogP contribution in [0.1, 0.15) is 29.3 Å². The number of ether oxygens (including phenoxy) is 1. The number of aromatic nitrogens is 2. The van der Waals surface area contributed by atoms with Gasteiger partial charge >= 0.3 is 0 Å². The molecule has 1 N–H and O–H groups in total. The predicted octanol–water partition coefficient (Wildman–Crippen LogP) is 6.25. The van der Waals surface area contributed by atoms with Gasteiger partial charge in [-0.25, -0.2) is 0 Å². The van der Waals surface area contributed by atoms with E-state index in [1.807, 2.05) is 96.8 Å². The molecule has 1 aromatic heterocycles. The maximum atomic E-state index is 13.9. The lowest BCUT2D eigenvalue weighted by atomic mass is 9.97. The van der Waals surface area contributed by atoms with Crippen molar-refractivity contribution < 1.29 is 9.53 Å². The lowest BCUT2D eigenvalue weighted by Gasteiger charge is -2.28. The number of rotatable bonds is 6. The zero-order valence-electron chi connectivity index (χ0n) is 19.5. The van der Waals surface area contributed by atoms with E-state index in [1.165, 1.54) is 0 Å². The van der Waals surface area contributed by atoms with Crippen LogP contribution in [0.5, 0.6) is 5.75 Å². The fourth-order valence-electron chi connectivity index (χ4n) is 4.37. The minimum absolute atomic E-state index is 0.000934. The van der Waals surface area contributed by atoms with Gasteiger partial charge in [0.2, 0.25) is 0 Å². The molecule has 2 heterocycles. The Morgan fingerprint density at radius 1 is 1.06 bits per heavy atom. The van der Waals surface area contributed by atoms with E-state index in [0.717, 1.165) is 45.8 Å². The number of carbonyl (C=O) groups is 1. The molecule has 4 aromatic rings. The first-order valence-electron chi connectivity index (χ1n) is 11.7. The van der Waals surface area contributed by atoms with E-state index in [2.05, 4.69) is 10.2 Å². The van der Waals surface area contributed by atoms with Crippen LogP contribution in [-0.4, -0.2) is 34.2 Å². The molecule has 0 fully saturated rings. The first-order valence-corrected chi connectivity index (χ1v) is 12.1. The maximum Gasteiger partial charge on any atom is 0.254 e. The molecular weight excluding hydrogens is 458 g/mol. The maximum absolute atomic E-state index is 13.9. The number of hydrogen-bond acceptors (Lipinski definition) is 3. The molecule has 35 heavy (non-hydrogen) atoms. The van der Waals surface area contributed by atoms with Crippen LogP contribution in [-0.2, 0) is 17.8 Å². The van der Waals surface area contributed by atoms with E-state index in [1.54, 1.807) is 0 Å². The van der Waals surface area contributed by atoms with Gasteiger partial charge in [0.05, 0.1) is 12.3 Å². The van der Waals surface area contributed by atoms with Crippen molar-refractivity contribution in [3.8, 4) is 17.0 Å². The molecule has 1 aliphatic rings. The Morgan fingerprint density at radius 3 is 2.51 bits per heavy atom. The summed E-state index contributed by atoms with van der Waals surface area (Å²) >= 11 is 6.07. The Kier molecular flexibility index (Phi) is 6.68. The molecule has 0 unspecified atom stereocenters. The van der Waals surface area contributed by atoms with Crippen LogP contribution in [0.15, 0.2) is 78.9 Å². The van der Waals surface area contributed by atoms with Crippen molar-refractivity contribution >= 4 is 29.2 Å². The second kappa shape index (κ2) is 10.2. The minimum Gasteiger partial charge on any atom is -0.494 e. The normalized spacial score (nSPS) is 13.4. The second-order valence-electron chi connectivity index (χ2n) is 8.44. The van der Waals surface area contributed by atoms with Gasteiger partial charge in [0.15, 0.2) is 0 Å². The summed E-state index contributed by atoms with van der Waals surface area (Å²) < 4.78 is 5.56. The molecular formula is C29H26ClN3O2. The highest BCUT2D eigenvalue weighted by Crippen LogP contribution is 2.31. The van der Waals surface area contributed by atoms with E-state index >= 15 is 0 Å². The molecule has 0 saturated carbocycles. The van der Waals surface area contributed by atoms with Gasteiger partial charge in [-0.2, -0.15) is 5.10 Å². The van der Waals surface area contributed by atoms with Crippen LogP contribution in [0.2, 0.25) is 5.02 Å². The summed E-state index contributed by atoms with van der Waals surface area (Å²) in [6.07, 6.45) is 2.69. The number of amides is 1. The second-order valence-corrected chi connectivity index (χ2v) is 8.88. The third-order valence-corrected chi connectivity index (χ3v) is 6.41. The summed E-state index contributed by atoms with van der Waals surface area (Å²) in [6, 6.07) is 25.3. The van der Waals surface area contributed by atoms with Gasteiger partial charge in [-0.15, -0.1) is 0 Å². The predicted molar refractivity (Wildman–Crippen MR) is 140 cm³/mol. The van der Waals surface area contributed by atoms with Gasteiger partial charge in [0.25, 0.3) is 5.91 Å². The molecule has 1 aliphatic heterocycles. The fraction of sp³-hybridized carbons (Fsp3) is 0.172. The van der Waals surface area contributed by atoms with Crippen LogP contribution in [0.4, 0.5) is 0 Å². The Morgan fingerprint density at radius 2 is 1.80 bits per heavy atom. The number of benzene rings is 3. The highest BCUT2D eigenvalue weighted by molar-refractivity contribution is 6.30. The molecule has 0 saturated heterocycles. The van der Waals surface area contributed by atoms with Crippen molar-refractivity contribution in [2.24, 2.45) is 0 Å². The smallest absolute Gasteiger partial charge is 0.254 e. The third kappa shape index (κ3) is 5.00. The number of carbonyl (C=O) groups excluding carboxylic acids is 1. The SMILES string of the molecule is CCOc1ccc(/C=C(/C(=O)N2CCc3[nH]nc(-c4ccc(Cl)cc4)c3C2)c2ccccc2)cc1. The lowest BCUT2D eigenvalue weighted by molar-refractivity contribution is -0.125. The Labute approximate surface area is 210 Å². The average molecular weight is 484 g/mol. The summed E-state index contributed by atoms with van der Waals surface area (Å²) in [5, 5.41) is 8.40. The van der Waals surface area contributed by atoms with Crippen LogP contribution < -0.4 is 4.74 Å². The van der Waals surface area contributed by atoms with Crippen LogP contribution in [0, 0.1) is 0 Å². The number of nitrogens with one attached hydrogen (secondary N) is 1. The largest absolute Gasteiger partial charge is 0.494 e. The summed E-state index contributed by atoms with van der Waals surface area (Å²) in [5.74, 6) is 0.814. The number of H-pyrrole nitrogens is 1. The molecule has 176 valence electrons. The number of fused-ring (bicyclic) bond motifs is 1.